The number of aryl methyl sites for hydroxylation is 2. The van der Waals surface area contributed by atoms with Gasteiger partial charge in [-0.05, 0) is 76.2 Å². The van der Waals surface area contributed by atoms with Gasteiger partial charge < -0.3 is 20.0 Å². The SMILES string of the molecule is C=CC(=O)N1CCN(c2c(C(=O)NCCN(C)C)c(=O)n(-c3c(C)ccnc3C(C)C)c3nc(-c4c(C)ccc5[nH]ncc45)c(F)cc23)C[C@H]1C. The van der Waals surface area contributed by atoms with E-state index in [0.717, 1.165) is 11.1 Å². The van der Waals surface area contributed by atoms with Crippen LogP contribution in [0, 0.1) is 19.7 Å². The number of H-pyrrole nitrogens is 1. The van der Waals surface area contributed by atoms with Gasteiger partial charge in [0, 0.05) is 61.3 Å². The van der Waals surface area contributed by atoms with Gasteiger partial charge in [-0.1, -0.05) is 26.5 Å². The van der Waals surface area contributed by atoms with E-state index in [1.165, 1.54) is 16.7 Å². The Morgan fingerprint density at radius 3 is 2.59 bits per heavy atom. The number of halogens is 1. The Balaban J connectivity index is 1.73. The normalized spacial score (nSPS) is 15.0. The van der Waals surface area contributed by atoms with Gasteiger partial charge in [-0.25, -0.2) is 9.37 Å². The van der Waals surface area contributed by atoms with Crippen LogP contribution in [-0.4, -0.2) is 99.2 Å². The highest BCUT2D eigenvalue weighted by Gasteiger charge is 2.34. The zero-order chi connectivity index (χ0) is 36.7. The summed E-state index contributed by atoms with van der Waals surface area (Å²) in [5.74, 6) is -1.51. The lowest BCUT2D eigenvalue weighted by molar-refractivity contribution is -0.128. The van der Waals surface area contributed by atoms with Gasteiger partial charge >= 0.3 is 0 Å². The number of piperazine rings is 1. The summed E-state index contributed by atoms with van der Waals surface area (Å²) in [7, 11) is 3.78. The Kier molecular flexibility index (Phi) is 9.76. The van der Waals surface area contributed by atoms with Gasteiger partial charge in [-0.15, -0.1) is 0 Å². The molecule has 0 unspecified atom stereocenters. The Bertz CT molecular complexity index is 2240. The Labute approximate surface area is 296 Å². The Hall–Kier alpha value is -5.43. The van der Waals surface area contributed by atoms with Crippen molar-refractivity contribution >= 4 is 39.4 Å². The van der Waals surface area contributed by atoms with E-state index in [2.05, 4.69) is 27.1 Å². The standard InChI is InChI=1S/C38H44FN9O3/c1-9-29(49)47-17-16-46(20-24(47)6)35-25-18-27(39)33(30-22(4)10-11-28-26(30)19-42-44-28)43-36(25)48(34-23(5)12-13-40-32(34)21(2)3)38(51)31(35)37(50)41-14-15-45(7)8/h9-13,18-19,21,24H,1,14-17,20H2,2-8H3,(H,41,50)(H,42,44)/t24-/m1/s1. The minimum atomic E-state index is -0.620. The summed E-state index contributed by atoms with van der Waals surface area (Å²) < 4.78 is 18.3. The first-order valence-corrected chi connectivity index (χ1v) is 17.1. The van der Waals surface area contributed by atoms with Gasteiger partial charge in [0.25, 0.3) is 11.5 Å². The number of amides is 2. The summed E-state index contributed by atoms with van der Waals surface area (Å²) in [5.41, 5.74) is 3.70. The summed E-state index contributed by atoms with van der Waals surface area (Å²) in [6, 6.07) is 6.64. The lowest BCUT2D eigenvalue weighted by Gasteiger charge is -2.41. The molecule has 1 fully saturated rings. The van der Waals surface area contributed by atoms with E-state index in [1.54, 1.807) is 17.3 Å². The van der Waals surface area contributed by atoms with Crippen molar-refractivity contribution in [1.82, 2.24) is 39.8 Å². The molecule has 0 saturated carbocycles. The first kappa shape index (κ1) is 35.4. The second-order valence-corrected chi connectivity index (χ2v) is 13.7. The van der Waals surface area contributed by atoms with Gasteiger partial charge in [0.1, 0.15) is 17.1 Å². The van der Waals surface area contributed by atoms with Crippen LogP contribution in [0.5, 0.6) is 0 Å². The fourth-order valence-corrected chi connectivity index (χ4v) is 7.00. The predicted molar refractivity (Wildman–Crippen MR) is 198 cm³/mol. The van der Waals surface area contributed by atoms with Gasteiger partial charge in [-0.3, -0.25) is 29.0 Å². The van der Waals surface area contributed by atoms with Crippen LogP contribution in [-0.2, 0) is 4.79 Å². The molecule has 266 valence electrons. The number of rotatable bonds is 9. The third-order valence-corrected chi connectivity index (χ3v) is 9.54. The number of likely N-dealkylation sites (N-methyl/N-ethyl adjacent to an activating group) is 1. The topological polar surface area (TPSA) is 132 Å². The smallest absolute Gasteiger partial charge is 0.271 e. The molecule has 4 aromatic heterocycles. The summed E-state index contributed by atoms with van der Waals surface area (Å²) in [4.78, 5) is 57.4. The highest BCUT2D eigenvalue weighted by atomic mass is 19.1. The molecule has 12 nitrogen and oxygen atoms in total. The summed E-state index contributed by atoms with van der Waals surface area (Å²) in [5, 5.41) is 11.0. The highest BCUT2D eigenvalue weighted by molar-refractivity contribution is 6.08. The van der Waals surface area contributed by atoms with Crippen LogP contribution in [0.4, 0.5) is 10.1 Å². The Morgan fingerprint density at radius 1 is 1.14 bits per heavy atom. The molecule has 1 aromatic carbocycles. The van der Waals surface area contributed by atoms with E-state index in [-0.39, 0.29) is 53.5 Å². The predicted octanol–water partition coefficient (Wildman–Crippen LogP) is 4.72. The quantitative estimate of drug-likeness (QED) is 0.212. The van der Waals surface area contributed by atoms with Crippen molar-refractivity contribution in [2.24, 2.45) is 0 Å². The van der Waals surface area contributed by atoms with Gasteiger partial charge in [0.15, 0.2) is 5.65 Å². The molecule has 1 saturated heterocycles. The molecule has 0 bridgehead atoms. The minimum Gasteiger partial charge on any atom is -0.366 e. The van der Waals surface area contributed by atoms with Gasteiger partial charge in [0.2, 0.25) is 5.91 Å². The summed E-state index contributed by atoms with van der Waals surface area (Å²) >= 11 is 0. The van der Waals surface area contributed by atoms with Crippen LogP contribution in [0.2, 0.25) is 0 Å². The fourth-order valence-electron chi connectivity index (χ4n) is 7.00. The van der Waals surface area contributed by atoms with E-state index < -0.39 is 17.3 Å². The lowest BCUT2D eigenvalue weighted by Crippen LogP contribution is -2.54. The first-order valence-electron chi connectivity index (χ1n) is 17.1. The highest BCUT2D eigenvalue weighted by Crippen LogP contribution is 2.38. The molecule has 1 aliphatic heterocycles. The molecule has 5 heterocycles. The third-order valence-electron chi connectivity index (χ3n) is 9.54. The van der Waals surface area contributed by atoms with Crippen molar-refractivity contribution in [3.8, 4) is 16.9 Å². The van der Waals surface area contributed by atoms with Crippen LogP contribution in [0.3, 0.4) is 0 Å². The second kappa shape index (κ2) is 14.1. The van der Waals surface area contributed by atoms with Crippen molar-refractivity contribution in [3.63, 3.8) is 0 Å². The van der Waals surface area contributed by atoms with E-state index in [9.17, 15) is 9.59 Å². The molecule has 0 aliphatic carbocycles. The number of aromatic amines is 1. The molecular weight excluding hydrogens is 649 g/mol. The van der Waals surface area contributed by atoms with Crippen molar-refractivity contribution < 1.29 is 14.0 Å². The minimum absolute atomic E-state index is 0.0525. The average Bonchev–Trinajstić information content (AvgIpc) is 3.56. The van der Waals surface area contributed by atoms with E-state index >= 15 is 9.18 Å². The zero-order valence-corrected chi connectivity index (χ0v) is 30.2. The fraction of sp³-hybridized carbons (Fsp3) is 0.368. The van der Waals surface area contributed by atoms with Crippen molar-refractivity contribution in [2.75, 3.05) is 51.7 Å². The van der Waals surface area contributed by atoms with Crippen LogP contribution >= 0.6 is 0 Å². The number of fused-ring (bicyclic) bond motifs is 2. The molecule has 5 aromatic rings. The van der Waals surface area contributed by atoms with Crippen LogP contribution < -0.4 is 15.8 Å². The molecule has 2 amide bonds. The molecule has 2 N–H and O–H groups in total. The number of benzene rings is 1. The summed E-state index contributed by atoms with van der Waals surface area (Å²) in [6.45, 7) is 15.0. The number of nitrogens with one attached hydrogen (secondary N) is 2. The van der Waals surface area contributed by atoms with Crippen LogP contribution in [0.1, 0.15) is 53.9 Å². The molecule has 0 spiro atoms. The zero-order valence-electron chi connectivity index (χ0n) is 30.2. The number of hydrogen-bond donors (Lipinski definition) is 2. The second-order valence-electron chi connectivity index (χ2n) is 13.7. The maximum atomic E-state index is 16.8. The van der Waals surface area contributed by atoms with Crippen LogP contribution in [0.15, 0.2) is 54.1 Å². The van der Waals surface area contributed by atoms with Crippen LogP contribution in [0.25, 0.3) is 38.9 Å². The molecule has 1 aliphatic rings. The van der Waals surface area contributed by atoms with Gasteiger partial charge in [-0.2, -0.15) is 5.10 Å². The maximum Gasteiger partial charge on any atom is 0.271 e. The number of carbonyl (C=O) groups excluding carboxylic acids is 2. The number of hydrogen-bond acceptors (Lipinski definition) is 8. The number of aromatic nitrogens is 5. The molecule has 51 heavy (non-hydrogen) atoms. The van der Waals surface area contributed by atoms with Crippen molar-refractivity contribution in [2.45, 2.75) is 46.6 Å². The van der Waals surface area contributed by atoms with Gasteiger partial charge in [0.05, 0.1) is 28.8 Å². The van der Waals surface area contributed by atoms with E-state index in [0.29, 0.717) is 52.9 Å². The number of pyridine rings is 3. The molecule has 6 rings (SSSR count). The van der Waals surface area contributed by atoms with Crippen molar-refractivity contribution in [3.05, 3.63) is 87.9 Å². The van der Waals surface area contributed by atoms with Crippen molar-refractivity contribution in [1.29, 1.82) is 0 Å². The molecule has 13 heteroatoms. The largest absolute Gasteiger partial charge is 0.366 e. The third kappa shape index (κ3) is 6.37. The molecule has 0 radical (unpaired) electrons. The molecular formula is C38H44FN9O3. The van der Waals surface area contributed by atoms with E-state index in [4.69, 9.17) is 4.98 Å². The Morgan fingerprint density at radius 2 is 1.90 bits per heavy atom. The summed E-state index contributed by atoms with van der Waals surface area (Å²) in [6.07, 6.45) is 4.60. The first-order chi connectivity index (χ1) is 24.3. The average molecular weight is 694 g/mol. The number of nitrogens with zero attached hydrogens (tertiary/aromatic N) is 7. The van der Waals surface area contributed by atoms with E-state index in [1.807, 2.05) is 76.7 Å². The molecule has 1 atom stereocenters. The number of carbonyl (C=O) groups is 2. The lowest BCUT2D eigenvalue weighted by atomic mass is 9.98. The monoisotopic (exact) mass is 693 g/mol. The number of anilines is 1. The maximum absolute atomic E-state index is 16.8.